The second kappa shape index (κ2) is 19.1. The Morgan fingerprint density at radius 1 is 0.732 bits per heavy atom. The molecule has 4 aliphatic rings. The van der Waals surface area contributed by atoms with Crippen LogP contribution in [0.1, 0.15) is 27.2 Å². The molecule has 15 N–H and O–H groups in total. The Balaban J connectivity index is 1.72. The van der Waals surface area contributed by atoms with Crippen LogP contribution in [-0.2, 0) is 47.5 Å². The van der Waals surface area contributed by atoms with Crippen molar-refractivity contribution in [1.29, 1.82) is 0 Å². The van der Waals surface area contributed by atoms with E-state index in [1.54, 1.807) is 0 Å². The minimum atomic E-state index is -3.12. The summed E-state index contributed by atoms with van der Waals surface area (Å²) < 4.78 is 39.7. The summed E-state index contributed by atoms with van der Waals surface area (Å²) in [6.07, 6.45) is -35.2. The second-order valence-corrected chi connectivity index (χ2v) is 14.0. The molecule has 21 atom stereocenters. The van der Waals surface area contributed by atoms with Gasteiger partial charge < -0.3 is 110 Å². The molecule has 4 fully saturated rings. The van der Waals surface area contributed by atoms with E-state index in [-0.39, 0.29) is 0 Å². The lowest BCUT2D eigenvalue weighted by atomic mass is 9.88. The molecule has 25 heteroatoms. The molecule has 0 radical (unpaired) electrons. The van der Waals surface area contributed by atoms with Gasteiger partial charge in [-0.25, -0.2) is 4.79 Å². The van der Waals surface area contributed by atoms with Gasteiger partial charge in [-0.15, -0.1) is 0 Å². The molecule has 324 valence electrons. The molecular formula is C31H52N2O23. The Morgan fingerprint density at radius 2 is 1.30 bits per heavy atom. The molecule has 4 heterocycles. The SMILES string of the molecule is CC(=O)NC1C(O)CC(OC2C(O)C(CO)OC(OC3C(NC(C)=O)C(O)OC(CO)C3OC3OC(C)C(O)C(O)C3O)C2O)(C(=O)O)OC1C(O)C(O)CO. The fourth-order valence-corrected chi connectivity index (χ4v) is 6.99. The van der Waals surface area contributed by atoms with Crippen LogP contribution in [-0.4, -0.2) is 232 Å². The van der Waals surface area contributed by atoms with Gasteiger partial charge in [-0.3, -0.25) is 9.59 Å². The Hall–Kier alpha value is -2.35. The van der Waals surface area contributed by atoms with E-state index in [0.717, 1.165) is 13.8 Å². The first-order valence-corrected chi connectivity index (χ1v) is 17.6. The van der Waals surface area contributed by atoms with Crippen molar-refractivity contribution < 1.29 is 114 Å². The molecular weight excluding hydrogens is 768 g/mol. The van der Waals surface area contributed by atoms with Gasteiger partial charge in [0.25, 0.3) is 5.79 Å². The molecule has 21 unspecified atom stereocenters. The Bertz CT molecular complexity index is 1330. The predicted octanol–water partition coefficient (Wildman–Crippen LogP) is -9.23. The van der Waals surface area contributed by atoms with E-state index < -0.39 is 172 Å². The first-order valence-electron chi connectivity index (χ1n) is 17.6. The summed E-state index contributed by atoms with van der Waals surface area (Å²) in [6.45, 7) is 0.296. The summed E-state index contributed by atoms with van der Waals surface area (Å²) in [4.78, 5) is 37.0. The molecule has 25 nitrogen and oxygen atoms in total. The lowest BCUT2D eigenvalue weighted by molar-refractivity contribution is -0.389. The molecule has 0 bridgehead atoms. The number of carbonyl (C=O) groups excluding carboxylic acids is 2. The van der Waals surface area contributed by atoms with Crippen LogP contribution >= 0.6 is 0 Å². The number of aliphatic hydroxyl groups excluding tert-OH is 12. The summed E-state index contributed by atoms with van der Waals surface area (Å²) >= 11 is 0. The maximum atomic E-state index is 12.9. The molecule has 0 spiro atoms. The Kier molecular flexibility index (Phi) is 15.8. The van der Waals surface area contributed by atoms with Gasteiger partial charge in [0.15, 0.2) is 18.9 Å². The highest BCUT2D eigenvalue weighted by Gasteiger charge is 2.60. The van der Waals surface area contributed by atoms with Crippen molar-refractivity contribution >= 4 is 17.8 Å². The van der Waals surface area contributed by atoms with Crippen LogP contribution in [0, 0.1) is 0 Å². The number of hydrogen-bond acceptors (Lipinski definition) is 22. The van der Waals surface area contributed by atoms with Crippen LogP contribution in [0.25, 0.3) is 0 Å². The lowest BCUT2D eigenvalue weighted by Crippen LogP contribution is -2.71. The van der Waals surface area contributed by atoms with Crippen LogP contribution in [0.2, 0.25) is 0 Å². The van der Waals surface area contributed by atoms with Gasteiger partial charge in [0.2, 0.25) is 11.8 Å². The van der Waals surface area contributed by atoms with Crippen LogP contribution in [0.15, 0.2) is 0 Å². The van der Waals surface area contributed by atoms with Gasteiger partial charge >= 0.3 is 5.97 Å². The summed E-state index contributed by atoms with van der Waals surface area (Å²) in [6, 6.07) is -3.27. The summed E-state index contributed by atoms with van der Waals surface area (Å²) in [5, 5.41) is 142. The van der Waals surface area contributed by atoms with Crippen LogP contribution < -0.4 is 10.6 Å². The molecule has 4 aliphatic heterocycles. The number of aliphatic hydroxyl groups is 12. The fraction of sp³-hybridized carbons (Fsp3) is 0.903. The molecule has 2 amide bonds. The Morgan fingerprint density at radius 3 is 1.86 bits per heavy atom. The third-order valence-corrected chi connectivity index (χ3v) is 9.94. The zero-order valence-electron chi connectivity index (χ0n) is 30.3. The standard InChI is InChI=1S/C31H52N2O23/c1-8-17(41)20(44)21(45)28(50-8)53-23-14(7-36)51-27(47)16(33-10(3)38)25(23)54-29-22(46)26(19(43)13(6-35)52-29)56-31(30(48)49)4-11(39)15(32-9(2)37)24(55-31)18(42)12(40)5-34/h8,11-29,34-36,39-47H,4-7H2,1-3H3,(H,32,37)(H,33,38)(H,48,49). The fourth-order valence-electron chi connectivity index (χ4n) is 6.99. The lowest BCUT2D eigenvalue weighted by Gasteiger charge is -2.51. The number of carboxylic acids is 1. The van der Waals surface area contributed by atoms with Gasteiger partial charge in [-0.1, -0.05) is 0 Å². The molecule has 4 rings (SSSR count). The average molecular weight is 821 g/mol. The first-order chi connectivity index (χ1) is 26.2. The maximum absolute atomic E-state index is 12.9. The van der Waals surface area contributed by atoms with E-state index in [4.69, 9.17) is 33.2 Å². The highest BCUT2D eigenvalue weighted by atomic mass is 16.8. The molecule has 0 aromatic heterocycles. The van der Waals surface area contributed by atoms with Crippen molar-refractivity contribution in [1.82, 2.24) is 10.6 Å². The Labute approximate surface area is 317 Å². The van der Waals surface area contributed by atoms with E-state index >= 15 is 0 Å². The third kappa shape index (κ3) is 9.74. The minimum Gasteiger partial charge on any atom is -0.477 e. The average Bonchev–Trinajstić information content (AvgIpc) is 3.14. The number of hydrogen-bond donors (Lipinski definition) is 15. The van der Waals surface area contributed by atoms with Crippen molar-refractivity contribution in [3.63, 3.8) is 0 Å². The molecule has 0 aromatic carbocycles. The van der Waals surface area contributed by atoms with E-state index in [1.165, 1.54) is 6.92 Å². The van der Waals surface area contributed by atoms with E-state index in [9.17, 15) is 80.8 Å². The van der Waals surface area contributed by atoms with Gasteiger partial charge in [0.05, 0.1) is 38.1 Å². The molecule has 4 saturated heterocycles. The zero-order chi connectivity index (χ0) is 42.0. The number of carbonyl (C=O) groups is 3. The summed E-state index contributed by atoms with van der Waals surface area (Å²) in [5.41, 5.74) is 0. The minimum absolute atomic E-state index is 0.785. The third-order valence-electron chi connectivity index (χ3n) is 9.94. The number of amides is 2. The molecule has 0 aromatic rings. The van der Waals surface area contributed by atoms with Crippen molar-refractivity contribution in [3.05, 3.63) is 0 Å². The second-order valence-electron chi connectivity index (χ2n) is 14.0. The van der Waals surface area contributed by atoms with Gasteiger partial charge in [0, 0.05) is 20.3 Å². The molecule has 0 saturated carbocycles. The molecule has 56 heavy (non-hydrogen) atoms. The summed E-state index contributed by atoms with van der Waals surface area (Å²) in [5.74, 6) is -6.72. The highest BCUT2D eigenvalue weighted by molar-refractivity contribution is 5.76. The van der Waals surface area contributed by atoms with Crippen molar-refractivity contribution in [3.8, 4) is 0 Å². The van der Waals surface area contributed by atoms with E-state index in [1.807, 2.05) is 0 Å². The monoisotopic (exact) mass is 820 g/mol. The van der Waals surface area contributed by atoms with Gasteiger partial charge in [-0.2, -0.15) is 0 Å². The first kappa shape index (κ1) is 46.3. The summed E-state index contributed by atoms with van der Waals surface area (Å²) in [7, 11) is 0. The predicted molar refractivity (Wildman–Crippen MR) is 173 cm³/mol. The van der Waals surface area contributed by atoms with Crippen LogP contribution in [0.5, 0.6) is 0 Å². The van der Waals surface area contributed by atoms with Gasteiger partial charge in [0.1, 0.15) is 85.4 Å². The molecule has 0 aliphatic carbocycles. The number of rotatable bonds is 14. The van der Waals surface area contributed by atoms with E-state index in [0.29, 0.717) is 0 Å². The number of ether oxygens (including phenoxy) is 7. The largest absolute Gasteiger partial charge is 0.477 e. The van der Waals surface area contributed by atoms with E-state index in [2.05, 4.69) is 10.6 Å². The number of carboxylic acid groups (broad SMARTS) is 1. The number of aliphatic carboxylic acids is 1. The van der Waals surface area contributed by atoms with Crippen molar-refractivity contribution in [2.75, 3.05) is 19.8 Å². The maximum Gasteiger partial charge on any atom is 0.364 e. The quantitative estimate of drug-likeness (QED) is 0.0773. The zero-order valence-corrected chi connectivity index (χ0v) is 30.3. The normalized spacial score (nSPS) is 45.7. The van der Waals surface area contributed by atoms with Crippen molar-refractivity contribution in [2.45, 2.75) is 155 Å². The van der Waals surface area contributed by atoms with Crippen LogP contribution in [0.3, 0.4) is 0 Å². The number of nitrogens with one attached hydrogen (secondary N) is 2. The van der Waals surface area contributed by atoms with Crippen molar-refractivity contribution in [2.24, 2.45) is 0 Å². The topological polar surface area (TPSA) is 403 Å². The van der Waals surface area contributed by atoms with Gasteiger partial charge in [-0.05, 0) is 6.92 Å². The smallest absolute Gasteiger partial charge is 0.364 e. The van der Waals surface area contributed by atoms with Crippen LogP contribution in [0.4, 0.5) is 0 Å². The highest BCUT2D eigenvalue weighted by Crippen LogP contribution is 2.39.